The highest BCUT2D eigenvalue weighted by Crippen LogP contribution is 2.64. The van der Waals surface area contributed by atoms with Crippen LogP contribution in [0.1, 0.15) is 58.6 Å². The average Bonchev–Trinajstić information content (AvgIpc) is 2.99. The van der Waals surface area contributed by atoms with Crippen molar-refractivity contribution in [2.24, 2.45) is 0 Å². The number of rotatable bonds is 6. The van der Waals surface area contributed by atoms with Gasteiger partial charge >= 0.3 is 6.09 Å². The molecule has 7 nitrogen and oxygen atoms in total. The van der Waals surface area contributed by atoms with Gasteiger partial charge in [-0.3, -0.25) is 9.36 Å². The maximum Gasteiger partial charge on any atom is 0.410 e. The van der Waals surface area contributed by atoms with Crippen molar-refractivity contribution in [3.63, 3.8) is 0 Å². The van der Waals surface area contributed by atoms with Gasteiger partial charge in [-0.15, -0.1) is 0 Å². The van der Waals surface area contributed by atoms with Gasteiger partial charge in [0.15, 0.2) is 0 Å². The number of hydrogen-bond donors (Lipinski definition) is 0. The molecule has 1 amide bonds. The minimum atomic E-state index is -3.22. The summed E-state index contributed by atoms with van der Waals surface area (Å²) in [4.78, 5) is 25.8. The van der Waals surface area contributed by atoms with E-state index in [1.807, 2.05) is 55.8 Å². The van der Waals surface area contributed by atoms with Crippen LogP contribution in [0.5, 0.6) is 0 Å². The van der Waals surface area contributed by atoms with E-state index in [9.17, 15) is 14.2 Å². The van der Waals surface area contributed by atoms with Crippen molar-refractivity contribution in [2.75, 3.05) is 13.2 Å². The van der Waals surface area contributed by atoms with Gasteiger partial charge in [0.25, 0.3) is 7.52 Å². The molecule has 0 aromatic heterocycles. The van der Waals surface area contributed by atoms with Crippen LogP contribution in [-0.2, 0) is 18.6 Å². The number of Topliss-reactive ketones (excluding diaryl/α,β-unsaturated/α-hetero) is 1. The number of ketones is 1. The third-order valence-electron chi connectivity index (χ3n) is 5.84. The quantitative estimate of drug-likeness (QED) is 0.561. The Bertz CT molecular complexity index is 857. The Balaban J connectivity index is 1.77. The molecule has 0 aliphatic carbocycles. The van der Waals surface area contributed by atoms with E-state index < -0.39 is 13.6 Å². The summed E-state index contributed by atoms with van der Waals surface area (Å²) in [7, 11) is -3.22. The van der Waals surface area contributed by atoms with E-state index in [1.54, 1.807) is 23.7 Å². The number of piperidine rings is 1. The van der Waals surface area contributed by atoms with E-state index in [1.165, 1.54) is 0 Å². The number of nitrogens with zero attached hydrogens (tertiary/aromatic N) is 2. The van der Waals surface area contributed by atoms with Crippen LogP contribution < -0.4 is 0 Å². The first-order chi connectivity index (χ1) is 14.8. The minimum Gasteiger partial charge on any atom is -0.450 e. The van der Waals surface area contributed by atoms with Crippen molar-refractivity contribution in [2.45, 2.75) is 71.2 Å². The van der Waals surface area contributed by atoms with E-state index in [0.29, 0.717) is 19.4 Å². The lowest BCUT2D eigenvalue weighted by atomic mass is 9.99. The lowest BCUT2D eigenvalue weighted by Gasteiger charge is -2.33. The van der Waals surface area contributed by atoms with E-state index in [0.717, 1.165) is 5.56 Å². The number of ether oxygens (including phenoxy) is 1. The van der Waals surface area contributed by atoms with Crippen molar-refractivity contribution in [3.8, 4) is 0 Å². The Labute approximate surface area is 184 Å². The molecule has 2 fully saturated rings. The van der Waals surface area contributed by atoms with Crippen LogP contribution in [0, 0.1) is 0 Å². The largest absolute Gasteiger partial charge is 0.450 e. The lowest BCUT2D eigenvalue weighted by molar-refractivity contribution is -0.122. The standard InChI is InChI=1S/C23H33N2O5P/c1-5-29-23(27)24-14-13-21(26)16-20(24)12-9-15-31(28)25(17(2)3)18(4)22(30-31)19-10-7-6-8-11-19/h6-11,15,17-18,20,22H,5,12-14,16H2,1-4H3/b15-9+. The first-order valence-electron chi connectivity index (χ1n) is 11.0. The number of hydrogen-bond acceptors (Lipinski definition) is 5. The Kier molecular flexibility index (Phi) is 7.73. The topological polar surface area (TPSA) is 76.1 Å². The highest BCUT2D eigenvalue weighted by atomic mass is 31.2. The Morgan fingerprint density at radius 1 is 1.32 bits per heavy atom. The zero-order chi connectivity index (χ0) is 22.6. The van der Waals surface area contributed by atoms with Gasteiger partial charge in [0.05, 0.1) is 6.61 Å². The zero-order valence-corrected chi connectivity index (χ0v) is 19.7. The third-order valence-corrected chi connectivity index (χ3v) is 8.43. The van der Waals surface area contributed by atoms with E-state index in [4.69, 9.17) is 9.26 Å². The molecule has 0 bridgehead atoms. The Hall–Kier alpha value is -1.95. The number of amides is 1. The molecule has 2 heterocycles. The van der Waals surface area contributed by atoms with Gasteiger partial charge in [-0.25, -0.2) is 9.46 Å². The van der Waals surface area contributed by atoms with Gasteiger partial charge in [0.1, 0.15) is 11.9 Å². The molecule has 31 heavy (non-hydrogen) atoms. The number of benzene rings is 1. The molecule has 0 spiro atoms. The summed E-state index contributed by atoms with van der Waals surface area (Å²) in [6.45, 7) is 8.46. The fourth-order valence-electron chi connectivity index (χ4n) is 4.50. The van der Waals surface area contributed by atoms with E-state index in [2.05, 4.69) is 0 Å². The lowest BCUT2D eigenvalue weighted by Crippen LogP contribution is -2.46. The van der Waals surface area contributed by atoms with Crippen LogP contribution in [0.4, 0.5) is 4.79 Å². The molecule has 2 aliphatic rings. The van der Waals surface area contributed by atoms with Gasteiger partial charge in [-0.1, -0.05) is 36.4 Å². The minimum absolute atomic E-state index is 0.0338. The second-order valence-corrected chi connectivity index (χ2v) is 10.5. The van der Waals surface area contributed by atoms with Crippen LogP contribution in [-0.4, -0.2) is 52.7 Å². The second kappa shape index (κ2) is 10.1. The van der Waals surface area contributed by atoms with Crippen molar-refractivity contribution in [1.82, 2.24) is 9.57 Å². The molecule has 8 heteroatoms. The van der Waals surface area contributed by atoms with Crippen LogP contribution in [0.15, 0.2) is 42.2 Å². The molecule has 0 N–H and O–H groups in total. The number of likely N-dealkylation sites (tertiary alicyclic amines) is 1. The molecule has 3 rings (SSSR count). The van der Waals surface area contributed by atoms with Crippen molar-refractivity contribution >= 4 is 19.4 Å². The molecule has 1 aromatic rings. The fourth-order valence-corrected chi connectivity index (χ4v) is 7.11. The summed E-state index contributed by atoms with van der Waals surface area (Å²) in [6.07, 6.45) is 2.16. The molecule has 0 saturated carbocycles. The van der Waals surface area contributed by atoms with Gasteiger partial charge in [-0.2, -0.15) is 0 Å². The predicted molar refractivity (Wildman–Crippen MR) is 120 cm³/mol. The van der Waals surface area contributed by atoms with Gasteiger partial charge < -0.3 is 14.2 Å². The monoisotopic (exact) mass is 448 g/mol. The summed E-state index contributed by atoms with van der Waals surface area (Å²) in [5.41, 5.74) is 0.998. The van der Waals surface area contributed by atoms with Gasteiger partial charge in [-0.05, 0) is 39.7 Å². The summed E-state index contributed by atoms with van der Waals surface area (Å²) >= 11 is 0. The zero-order valence-electron chi connectivity index (χ0n) is 18.8. The smallest absolute Gasteiger partial charge is 0.410 e. The SMILES string of the molecule is CCOC(=O)N1CCC(=O)CC1C/C=C/P1(=O)OC(c2ccccc2)C(C)N1C(C)C. The maximum atomic E-state index is 13.8. The first kappa shape index (κ1) is 23.7. The van der Waals surface area contributed by atoms with Crippen LogP contribution in [0.3, 0.4) is 0 Å². The predicted octanol–water partition coefficient (Wildman–Crippen LogP) is 5.14. The number of carbonyl (C=O) groups excluding carboxylic acids is 2. The second-order valence-electron chi connectivity index (χ2n) is 8.37. The molecule has 0 radical (unpaired) electrons. The van der Waals surface area contributed by atoms with Gasteiger partial charge in [0, 0.05) is 43.3 Å². The molecule has 2 saturated heterocycles. The number of carbonyl (C=O) groups is 2. The van der Waals surface area contributed by atoms with Gasteiger partial charge in [0.2, 0.25) is 0 Å². The van der Waals surface area contributed by atoms with E-state index in [-0.39, 0.29) is 43.0 Å². The normalized spacial score (nSPS) is 29.8. The van der Waals surface area contributed by atoms with Crippen molar-refractivity contribution in [3.05, 3.63) is 47.8 Å². The molecule has 4 atom stereocenters. The first-order valence-corrected chi connectivity index (χ1v) is 12.7. The van der Waals surface area contributed by atoms with Crippen LogP contribution >= 0.6 is 7.52 Å². The summed E-state index contributed by atoms with van der Waals surface area (Å²) < 4.78 is 27.1. The molecular weight excluding hydrogens is 415 g/mol. The Morgan fingerprint density at radius 3 is 2.68 bits per heavy atom. The highest BCUT2D eigenvalue weighted by Gasteiger charge is 2.48. The highest BCUT2D eigenvalue weighted by molar-refractivity contribution is 7.60. The molecule has 2 aliphatic heterocycles. The summed E-state index contributed by atoms with van der Waals surface area (Å²) in [6, 6.07) is 9.53. The van der Waals surface area contributed by atoms with Crippen molar-refractivity contribution in [1.29, 1.82) is 0 Å². The van der Waals surface area contributed by atoms with E-state index >= 15 is 0 Å². The third kappa shape index (κ3) is 5.28. The molecule has 170 valence electrons. The maximum absolute atomic E-state index is 13.8. The Morgan fingerprint density at radius 2 is 2.03 bits per heavy atom. The molecule has 4 unspecified atom stereocenters. The molecular formula is C23H33N2O5P. The van der Waals surface area contributed by atoms with Crippen LogP contribution in [0.2, 0.25) is 0 Å². The van der Waals surface area contributed by atoms with Crippen molar-refractivity contribution < 1.29 is 23.4 Å². The van der Waals surface area contributed by atoms with Crippen LogP contribution in [0.25, 0.3) is 0 Å². The molecule has 1 aromatic carbocycles. The summed E-state index contributed by atoms with van der Waals surface area (Å²) in [5.74, 6) is 1.78. The summed E-state index contributed by atoms with van der Waals surface area (Å²) in [5, 5.41) is 0. The fraction of sp³-hybridized carbons (Fsp3) is 0.565. The average molecular weight is 449 g/mol.